The molecule has 1 aliphatic rings. The van der Waals surface area contributed by atoms with Gasteiger partial charge in [0.15, 0.2) is 0 Å². The summed E-state index contributed by atoms with van der Waals surface area (Å²) in [5.74, 6) is 0.793. The first-order valence-corrected chi connectivity index (χ1v) is 7.88. The van der Waals surface area contributed by atoms with Gasteiger partial charge in [-0.3, -0.25) is 4.79 Å². The monoisotopic (exact) mass is 279 g/mol. The van der Waals surface area contributed by atoms with E-state index in [0.29, 0.717) is 25.5 Å². The number of thioether (sulfide) groups is 1. The van der Waals surface area contributed by atoms with Crippen LogP contribution in [0.15, 0.2) is 24.3 Å². The Kier molecular flexibility index (Phi) is 5.28. The van der Waals surface area contributed by atoms with E-state index in [9.17, 15) is 4.79 Å². The Labute approximate surface area is 119 Å². The van der Waals surface area contributed by atoms with Crippen molar-refractivity contribution < 1.29 is 9.53 Å². The first-order valence-electron chi connectivity index (χ1n) is 6.84. The zero-order valence-electron chi connectivity index (χ0n) is 11.6. The number of ether oxygens (including phenoxy) is 1. The van der Waals surface area contributed by atoms with Crippen LogP contribution in [0.3, 0.4) is 0 Å². The summed E-state index contributed by atoms with van der Waals surface area (Å²) in [6.07, 6.45) is 1.05. The largest absolute Gasteiger partial charge is 0.380 e. The van der Waals surface area contributed by atoms with E-state index < -0.39 is 0 Å². The second-order valence-corrected chi connectivity index (χ2v) is 5.61. The first kappa shape index (κ1) is 14.4. The van der Waals surface area contributed by atoms with Crippen molar-refractivity contribution in [3.05, 3.63) is 35.4 Å². The van der Waals surface area contributed by atoms with E-state index in [-0.39, 0.29) is 11.3 Å². The molecule has 2 rings (SSSR count). The highest BCUT2D eigenvalue weighted by atomic mass is 32.2. The van der Waals surface area contributed by atoms with E-state index in [1.807, 2.05) is 11.8 Å². The number of benzene rings is 1. The van der Waals surface area contributed by atoms with E-state index >= 15 is 0 Å². The zero-order chi connectivity index (χ0) is 13.7. The second-order valence-electron chi connectivity index (χ2n) is 4.54. The Bertz CT molecular complexity index is 419. The third kappa shape index (κ3) is 3.51. The first-order chi connectivity index (χ1) is 9.26. The van der Waals surface area contributed by atoms with Gasteiger partial charge in [0.05, 0.1) is 12.4 Å². The van der Waals surface area contributed by atoms with Crippen molar-refractivity contribution in [2.45, 2.75) is 25.6 Å². The van der Waals surface area contributed by atoms with Gasteiger partial charge in [-0.2, -0.15) is 0 Å². The molecule has 0 bridgehead atoms. The SMILES string of the molecule is CCOCCN1C(=O)CSC1c1ccc(CC)cc1. The number of carbonyl (C=O) groups excluding carboxylic acids is 1. The Morgan fingerprint density at radius 3 is 2.68 bits per heavy atom. The fraction of sp³-hybridized carbons (Fsp3) is 0.533. The van der Waals surface area contributed by atoms with Crippen LogP contribution in [0.2, 0.25) is 0 Å². The van der Waals surface area contributed by atoms with Gasteiger partial charge in [0.2, 0.25) is 5.91 Å². The third-order valence-corrected chi connectivity index (χ3v) is 4.58. The number of carbonyl (C=O) groups is 1. The molecule has 1 heterocycles. The van der Waals surface area contributed by atoms with Crippen LogP contribution >= 0.6 is 11.8 Å². The molecule has 1 aliphatic heterocycles. The molecule has 104 valence electrons. The molecule has 1 aromatic carbocycles. The maximum atomic E-state index is 11.9. The standard InChI is InChI=1S/C15H21NO2S/c1-3-12-5-7-13(8-6-12)15-16(9-10-18-4-2)14(17)11-19-15/h5-8,15H,3-4,9-11H2,1-2H3. The summed E-state index contributed by atoms with van der Waals surface area (Å²) in [4.78, 5) is 13.9. The molecular formula is C15H21NO2S. The minimum Gasteiger partial charge on any atom is -0.380 e. The quantitative estimate of drug-likeness (QED) is 0.750. The normalized spacial score (nSPS) is 19.2. The predicted molar refractivity (Wildman–Crippen MR) is 79.2 cm³/mol. The highest BCUT2D eigenvalue weighted by Gasteiger charge is 2.32. The number of nitrogens with zero attached hydrogens (tertiary/aromatic N) is 1. The van der Waals surface area contributed by atoms with Crippen LogP contribution in [0.25, 0.3) is 0 Å². The molecule has 1 atom stereocenters. The summed E-state index contributed by atoms with van der Waals surface area (Å²) in [6.45, 7) is 6.12. The number of amides is 1. The molecule has 0 N–H and O–H groups in total. The van der Waals surface area contributed by atoms with Crippen LogP contribution in [0, 0.1) is 0 Å². The maximum absolute atomic E-state index is 11.9. The van der Waals surface area contributed by atoms with Gasteiger partial charge < -0.3 is 9.64 Å². The summed E-state index contributed by atoms with van der Waals surface area (Å²) in [5, 5.41) is 0.152. The molecule has 1 saturated heterocycles. The number of hydrogen-bond donors (Lipinski definition) is 0. The van der Waals surface area contributed by atoms with Gasteiger partial charge >= 0.3 is 0 Å². The van der Waals surface area contributed by atoms with Crippen molar-refractivity contribution >= 4 is 17.7 Å². The molecular weight excluding hydrogens is 258 g/mol. The van der Waals surface area contributed by atoms with Crippen LogP contribution in [-0.4, -0.2) is 36.3 Å². The Morgan fingerprint density at radius 2 is 2.05 bits per heavy atom. The lowest BCUT2D eigenvalue weighted by molar-refractivity contribution is -0.128. The molecule has 0 saturated carbocycles. The molecule has 1 amide bonds. The Morgan fingerprint density at radius 1 is 1.32 bits per heavy atom. The maximum Gasteiger partial charge on any atom is 0.233 e. The van der Waals surface area contributed by atoms with E-state index in [4.69, 9.17) is 4.74 Å². The van der Waals surface area contributed by atoms with Crippen molar-refractivity contribution in [3.63, 3.8) is 0 Å². The summed E-state index contributed by atoms with van der Waals surface area (Å²) >= 11 is 1.70. The molecule has 4 heteroatoms. The molecule has 19 heavy (non-hydrogen) atoms. The van der Waals surface area contributed by atoms with Crippen molar-refractivity contribution in [1.82, 2.24) is 4.90 Å². The van der Waals surface area contributed by atoms with Crippen LogP contribution in [0.5, 0.6) is 0 Å². The second kappa shape index (κ2) is 6.96. The van der Waals surface area contributed by atoms with Gasteiger partial charge in [-0.15, -0.1) is 11.8 Å². The van der Waals surface area contributed by atoms with Gasteiger partial charge in [0.1, 0.15) is 5.37 Å². The Balaban J connectivity index is 2.05. The number of rotatable bonds is 6. The highest BCUT2D eigenvalue weighted by Crippen LogP contribution is 2.38. The molecule has 3 nitrogen and oxygen atoms in total. The topological polar surface area (TPSA) is 29.5 Å². The lowest BCUT2D eigenvalue weighted by Gasteiger charge is -2.24. The van der Waals surface area contributed by atoms with Crippen molar-refractivity contribution in [1.29, 1.82) is 0 Å². The third-order valence-electron chi connectivity index (χ3n) is 3.32. The van der Waals surface area contributed by atoms with Crippen LogP contribution in [0.4, 0.5) is 0 Å². The zero-order valence-corrected chi connectivity index (χ0v) is 12.4. The summed E-state index contributed by atoms with van der Waals surface area (Å²) in [5.41, 5.74) is 2.54. The highest BCUT2D eigenvalue weighted by molar-refractivity contribution is 8.00. The summed E-state index contributed by atoms with van der Waals surface area (Å²) in [6, 6.07) is 8.59. The molecule has 1 unspecified atom stereocenters. The molecule has 0 spiro atoms. The van der Waals surface area contributed by atoms with Crippen molar-refractivity contribution in [3.8, 4) is 0 Å². The number of aryl methyl sites for hydroxylation is 1. The van der Waals surface area contributed by atoms with E-state index in [1.165, 1.54) is 11.1 Å². The van der Waals surface area contributed by atoms with Gasteiger partial charge in [-0.05, 0) is 24.5 Å². The minimum absolute atomic E-state index is 0.152. The van der Waals surface area contributed by atoms with Gasteiger partial charge in [-0.25, -0.2) is 0 Å². The Hall–Kier alpha value is -1.00. The van der Waals surface area contributed by atoms with Gasteiger partial charge in [0.25, 0.3) is 0 Å². The van der Waals surface area contributed by atoms with Crippen LogP contribution < -0.4 is 0 Å². The molecule has 0 aliphatic carbocycles. The fourth-order valence-corrected chi connectivity index (χ4v) is 3.42. The van der Waals surface area contributed by atoms with Crippen molar-refractivity contribution in [2.24, 2.45) is 0 Å². The molecule has 1 fully saturated rings. The average molecular weight is 279 g/mol. The lowest BCUT2D eigenvalue weighted by Crippen LogP contribution is -2.31. The van der Waals surface area contributed by atoms with Gasteiger partial charge in [0, 0.05) is 13.2 Å². The van der Waals surface area contributed by atoms with E-state index in [0.717, 1.165) is 6.42 Å². The average Bonchev–Trinajstić information content (AvgIpc) is 2.81. The predicted octanol–water partition coefficient (Wildman–Crippen LogP) is 2.86. The van der Waals surface area contributed by atoms with Gasteiger partial charge in [-0.1, -0.05) is 31.2 Å². The minimum atomic E-state index is 0.152. The summed E-state index contributed by atoms with van der Waals surface area (Å²) in [7, 11) is 0. The summed E-state index contributed by atoms with van der Waals surface area (Å²) < 4.78 is 5.36. The molecule has 0 aromatic heterocycles. The molecule has 0 radical (unpaired) electrons. The van der Waals surface area contributed by atoms with Crippen LogP contribution in [0.1, 0.15) is 30.3 Å². The van der Waals surface area contributed by atoms with Crippen molar-refractivity contribution in [2.75, 3.05) is 25.5 Å². The lowest BCUT2D eigenvalue weighted by atomic mass is 10.1. The van der Waals surface area contributed by atoms with E-state index in [2.05, 4.69) is 31.2 Å². The fourth-order valence-electron chi connectivity index (χ4n) is 2.20. The van der Waals surface area contributed by atoms with E-state index in [1.54, 1.807) is 11.8 Å². The smallest absolute Gasteiger partial charge is 0.233 e. The molecule has 1 aromatic rings. The number of hydrogen-bond acceptors (Lipinski definition) is 3. The van der Waals surface area contributed by atoms with Crippen LogP contribution in [-0.2, 0) is 16.0 Å².